The lowest BCUT2D eigenvalue weighted by molar-refractivity contribution is -0.145. The van der Waals surface area contributed by atoms with E-state index < -0.39 is 11.6 Å². The quantitative estimate of drug-likeness (QED) is 0.287. The number of thioether (sulfide) groups is 1. The molecule has 0 bridgehead atoms. The Kier molecular flexibility index (Phi) is 6.74. The Morgan fingerprint density at radius 2 is 1.63 bits per heavy atom. The molecular formula is C20H21FO5S. The fraction of sp³-hybridized carbons (Fsp3) is 0.250. The number of benzene rings is 2. The maximum atomic E-state index is 15.6. The zero-order valence-corrected chi connectivity index (χ0v) is 16.4. The van der Waals surface area contributed by atoms with Crippen molar-refractivity contribution in [3.63, 3.8) is 0 Å². The highest BCUT2D eigenvalue weighted by molar-refractivity contribution is 7.98. The Morgan fingerprint density at radius 3 is 2.04 bits per heavy atom. The predicted octanol–water partition coefficient (Wildman–Crippen LogP) is 4.39. The van der Waals surface area contributed by atoms with Gasteiger partial charge in [-0.2, -0.15) is 0 Å². The van der Waals surface area contributed by atoms with Crippen molar-refractivity contribution in [1.82, 2.24) is 0 Å². The molecule has 1 atom stereocenters. The highest BCUT2D eigenvalue weighted by Crippen LogP contribution is 2.42. The van der Waals surface area contributed by atoms with Crippen LogP contribution in [0.1, 0.15) is 5.56 Å². The number of carbonyl (C=O) groups excluding carboxylic acids is 1. The number of halogens is 1. The molecule has 0 heterocycles. The Labute approximate surface area is 162 Å². The van der Waals surface area contributed by atoms with Crippen LogP contribution in [-0.4, -0.2) is 33.6 Å². The highest BCUT2D eigenvalue weighted by atomic mass is 32.2. The van der Waals surface area contributed by atoms with E-state index in [0.717, 1.165) is 11.0 Å². The summed E-state index contributed by atoms with van der Waals surface area (Å²) in [5.74, 6) is -0.172. The predicted molar refractivity (Wildman–Crippen MR) is 103 cm³/mol. The molecule has 0 aliphatic heterocycles. The standard InChI is InChI=1S/C20H21FO5S/c1-6-20(21,19(22)26-14-7-9-15(27-5)10-8-14)13-11-16(23-2)18(25-4)17(12-13)24-3/h6-12H,1H2,2-5H3. The molecule has 0 amide bonds. The van der Waals surface area contributed by atoms with Crippen LogP contribution in [0.2, 0.25) is 0 Å². The molecule has 0 N–H and O–H groups in total. The number of alkyl halides is 1. The second-order valence-corrected chi connectivity index (χ2v) is 6.27. The maximum absolute atomic E-state index is 15.6. The minimum absolute atomic E-state index is 0.0438. The second-order valence-electron chi connectivity index (χ2n) is 5.39. The summed E-state index contributed by atoms with van der Waals surface area (Å²) in [4.78, 5) is 13.6. The van der Waals surface area contributed by atoms with Crippen molar-refractivity contribution in [3.8, 4) is 23.0 Å². The lowest BCUT2D eigenvalue weighted by Crippen LogP contribution is -2.33. The van der Waals surface area contributed by atoms with Crippen molar-refractivity contribution >= 4 is 17.7 Å². The van der Waals surface area contributed by atoms with E-state index in [2.05, 4.69) is 6.58 Å². The van der Waals surface area contributed by atoms with Gasteiger partial charge in [-0.15, -0.1) is 11.8 Å². The summed E-state index contributed by atoms with van der Waals surface area (Å²) in [5, 5.41) is 0. The van der Waals surface area contributed by atoms with Gasteiger partial charge in [-0.25, -0.2) is 9.18 Å². The molecule has 0 saturated heterocycles. The maximum Gasteiger partial charge on any atom is 0.358 e. The monoisotopic (exact) mass is 392 g/mol. The molecule has 0 spiro atoms. The molecule has 0 aromatic heterocycles. The van der Waals surface area contributed by atoms with Gasteiger partial charge in [0, 0.05) is 10.5 Å². The first-order chi connectivity index (χ1) is 12.9. The van der Waals surface area contributed by atoms with Crippen molar-refractivity contribution in [2.75, 3.05) is 27.6 Å². The summed E-state index contributed by atoms with van der Waals surface area (Å²) in [5.41, 5.74) is -2.65. The van der Waals surface area contributed by atoms with Crippen LogP contribution in [0.5, 0.6) is 23.0 Å². The minimum Gasteiger partial charge on any atom is -0.493 e. The molecule has 0 saturated carbocycles. The third kappa shape index (κ3) is 4.19. The van der Waals surface area contributed by atoms with Crippen molar-refractivity contribution in [2.45, 2.75) is 10.6 Å². The summed E-state index contributed by atoms with van der Waals surface area (Å²) in [6.07, 6.45) is 2.81. The van der Waals surface area contributed by atoms with Crippen LogP contribution < -0.4 is 18.9 Å². The first kappa shape index (κ1) is 20.6. The smallest absolute Gasteiger partial charge is 0.358 e. The summed E-state index contributed by atoms with van der Waals surface area (Å²) in [7, 11) is 4.24. The number of hydrogen-bond acceptors (Lipinski definition) is 6. The molecule has 144 valence electrons. The van der Waals surface area contributed by atoms with Gasteiger partial charge in [-0.05, 0) is 48.7 Å². The van der Waals surface area contributed by atoms with Crippen molar-refractivity contribution in [1.29, 1.82) is 0 Å². The van der Waals surface area contributed by atoms with Gasteiger partial charge in [0.05, 0.1) is 21.3 Å². The third-order valence-corrected chi connectivity index (χ3v) is 4.68. The zero-order chi connectivity index (χ0) is 20.0. The molecule has 2 aromatic rings. The van der Waals surface area contributed by atoms with Gasteiger partial charge in [0.15, 0.2) is 11.5 Å². The lowest BCUT2D eigenvalue weighted by Gasteiger charge is -2.22. The summed E-state index contributed by atoms with van der Waals surface area (Å²) in [6, 6.07) is 9.45. The molecule has 0 fully saturated rings. The third-order valence-electron chi connectivity index (χ3n) is 3.93. The van der Waals surface area contributed by atoms with E-state index in [-0.39, 0.29) is 28.6 Å². The molecule has 5 nitrogen and oxygen atoms in total. The summed E-state index contributed by atoms with van der Waals surface area (Å²) >= 11 is 1.54. The van der Waals surface area contributed by atoms with Crippen LogP contribution in [0.3, 0.4) is 0 Å². The van der Waals surface area contributed by atoms with Gasteiger partial charge in [-0.3, -0.25) is 0 Å². The number of carbonyl (C=O) groups is 1. The van der Waals surface area contributed by atoms with E-state index >= 15 is 4.39 Å². The first-order valence-corrected chi connectivity index (χ1v) is 9.15. The van der Waals surface area contributed by atoms with Crippen LogP contribution in [0.4, 0.5) is 4.39 Å². The zero-order valence-electron chi connectivity index (χ0n) is 15.6. The molecule has 0 aliphatic rings. The minimum atomic E-state index is -2.61. The summed E-state index contributed by atoms with van der Waals surface area (Å²) in [6.45, 7) is 3.46. The van der Waals surface area contributed by atoms with Crippen LogP contribution in [0, 0.1) is 0 Å². The Morgan fingerprint density at radius 1 is 1.07 bits per heavy atom. The molecule has 27 heavy (non-hydrogen) atoms. The topological polar surface area (TPSA) is 54.0 Å². The van der Waals surface area contributed by atoms with E-state index in [1.165, 1.54) is 33.5 Å². The van der Waals surface area contributed by atoms with Gasteiger partial charge in [0.25, 0.3) is 5.67 Å². The molecule has 0 radical (unpaired) electrons. The molecular weight excluding hydrogens is 371 g/mol. The van der Waals surface area contributed by atoms with E-state index in [1.54, 1.807) is 36.0 Å². The van der Waals surface area contributed by atoms with Crippen LogP contribution >= 0.6 is 11.8 Å². The first-order valence-electron chi connectivity index (χ1n) is 7.92. The van der Waals surface area contributed by atoms with E-state index in [0.29, 0.717) is 0 Å². The second kappa shape index (κ2) is 8.81. The molecule has 0 aliphatic carbocycles. The number of ether oxygens (including phenoxy) is 4. The lowest BCUT2D eigenvalue weighted by atomic mass is 9.95. The van der Waals surface area contributed by atoms with Gasteiger partial charge in [0.2, 0.25) is 5.75 Å². The molecule has 7 heteroatoms. The summed E-state index contributed by atoms with van der Waals surface area (Å²) < 4.78 is 36.5. The van der Waals surface area contributed by atoms with Crippen LogP contribution in [-0.2, 0) is 10.5 Å². The highest BCUT2D eigenvalue weighted by Gasteiger charge is 2.41. The average molecular weight is 392 g/mol. The van der Waals surface area contributed by atoms with Crippen LogP contribution in [0.25, 0.3) is 0 Å². The Bertz CT molecular complexity index is 797. The van der Waals surface area contributed by atoms with Crippen molar-refractivity contribution < 1.29 is 28.1 Å². The average Bonchev–Trinajstić information content (AvgIpc) is 2.72. The molecule has 1 unspecified atom stereocenters. The van der Waals surface area contributed by atoms with Gasteiger partial charge >= 0.3 is 5.97 Å². The van der Waals surface area contributed by atoms with Gasteiger partial charge in [0.1, 0.15) is 5.75 Å². The molecule has 2 rings (SSSR count). The van der Waals surface area contributed by atoms with Crippen molar-refractivity contribution in [3.05, 3.63) is 54.6 Å². The van der Waals surface area contributed by atoms with E-state index in [1.807, 2.05) is 6.26 Å². The normalized spacial score (nSPS) is 12.6. The Balaban J connectivity index is 2.42. The van der Waals surface area contributed by atoms with Gasteiger partial charge < -0.3 is 18.9 Å². The number of methoxy groups -OCH3 is 3. The van der Waals surface area contributed by atoms with E-state index in [4.69, 9.17) is 18.9 Å². The van der Waals surface area contributed by atoms with E-state index in [9.17, 15) is 4.79 Å². The van der Waals surface area contributed by atoms with Crippen molar-refractivity contribution in [2.24, 2.45) is 0 Å². The largest absolute Gasteiger partial charge is 0.493 e. The van der Waals surface area contributed by atoms with Gasteiger partial charge in [-0.1, -0.05) is 6.58 Å². The van der Waals surface area contributed by atoms with Crippen LogP contribution in [0.15, 0.2) is 53.9 Å². The number of hydrogen-bond donors (Lipinski definition) is 0. The number of esters is 1. The molecule has 2 aromatic carbocycles. The SMILES string of the molecule is C=CC(F)(C(=O)Oc1ccc(SC)cc1)c1cc(OC)c(OC)c(OC)c1. The fourth-order valence-corrected chi connectivity index (χ4v) is 2.84. The fourth-order valence-electron chi connectivity index (χ4n) is 2.44. The Hall–Kier alpha value is -2.67. The number of rotatable bonds is 8.